The van der Waals surface area contributed by atoms with Crippen LogP contribution in [0.1, 0.15) is 90.6 Å². The predicted octanol–water partition coefficient (Wildman–Crippen LogP) is 5.05. The lowest BCUT2D eigenvalue weighted by molar-refractivity contribution is -0.131. The van der Waals surface area contributed by atoms with Crippen LogP contribution in [-0.4, -0.2) is 46.8 Å². The number of rotatable bonds is 8. The number of carbonyl (C=O) groups is 2. The molecule has 0 bridgehead atoms. The number of Topliss-reactive ketones (excluding diaryl/α,β-unsaturated/α-hetero) is 1. The molecule has 6 nitrogen and oxygen atoms in total. The molecule has 1 amide bonds. The summed E-state index contributed by atoms with van der Waals surface area (Å²) in [6.07, 6.45) is 11.7. The summed E-state index contributed by atoms with van der Waals surface area (Å²) in [5.74, 6) is 0.687. The van der Waals surface area contributed by atoms with Gasteiger partial charge in [0.2, 0.25) is 5.91 Å². The highest BCUT2D eigenvalue weighted by Crippen LogP contribution is 2.36. The molecule has 1 saturated heterocycles. The Morgan fingerprint density at radius 1 is 1.00 bits per heavy atom. The van der Waals surface area contributed by atoms with Crippen LogP contribution < -0.4 is 10.9 Å². The molecule has 1 aromatic carbocycles. The van der Waals surface area contributed by atoms with Crippen molar-refractivity contribution in [3.05, 3.63) is 46.4 Å². The molecule has 3 aliphatic rings. The van der Waals surface area contributed by atoms with E-state index in [0.29, 0.717) is 24.5 Å². The third-order valence-corrected chi connectivity index (χ3v) is 8.60. The van der Waals surface area contributed by atoms with Crippen molar-refractivity contribution >= 4 is 22.5 Å². The quantitative estimate of drug-likeness (QED) is 0.559. The summed E-state index contributed by atoms with van der Waals surface area (Å²) >= 11 is 0. The predicted molar refractivity (Wildman–Crippen MR) is 145 cm³/mol. The average Bonchev–Trinajstić information content (AvgIpc) is 3.74. The molecule has 2 heterocycles. The van der Waals surface area contributed by atoms with Gasteiger partial charge in [-0.05, 0) is 67.5 Å². The highest BCUT2D eigenvalue weighted by Gasteiger charge is 2.33. The van der Waals surface area contributed by atoms with Crippen LogP contribution in [-0.2, 0) is 9.59 Å². The van der Waals surface area contributed by atoms with E-state index >= 15 is 0 Å². The minimum absolute atomic E-state index is 0. The van der Waals surface area contributed by atoms with Gasteiger partial charge in [-0.3, -0.25) is 14.4 Å². The van der Waals surface area contributed by atoms with Crippen LogP contribution in [0.15, 0.2) is 35.3 Å². The molecule has 1 aromatic heterocycles. The monoisotopic (exact) mass is 493 g/mol. The molecule has 1 unspecified atom stereocenters. The average molecular weight is 494 g/mol. The zero-order chi connectivity index (χ0) is 25.2. The third-order valence-electron chi connectivity index (χ3n) is 8.60. The number of amides is 1. The number of hydrogen-bond acceptors (Lipinski definition) is 4. The van der Waals surface area contributed by atoms with Gasteiger partial charge < -0.3 is 14.8 Å². The van der Waals surface area contributed by atoms with Crippen molar-refractivity contribution in [1.82, 2.24) is 14.8 Å². The Bertz CT molecular complexity index is 1170. The Morgan fingerprint density at radius 2 is 1.78 bits per heavy atom. The normalized spacial score (nSPS) is 22.2. The molecule has 0 spiro atoms. The summed E-state index contributed by atoms with van der Waals surface area (Å²) in [6.45, 7) is 5.81. The van der Waals surface area contributed by atoms with Gasteiger partial charge >= 0.3 is 0 Å². The summed E-state index contributed by atoms with van der Waals surface area (Å²) in [5.41, 5.74) is 1.09. The lowest BCUT2D eigenvalue weighted by Crippen LogP contribution is -2.43. The first-order valence-corrected chi connectivity index (χ1v) is 14.1. The molecule has 196 valence electrons. The fraction of sp³-hybridized carbons (Fsp3) is 0.633. The van der Waals surface area contributed by atoms with Crippen molar-refractivity contribution in [3.63, 3.8) is 0 Å². The zero-order valence-corrected chi connectivity index (χ0v) is 21.9. The Labute approximate surface area is 215 Å². The molecule has 2 saturated carbocycles. The number of nitrogens with zero attached hydrogens (tertiary/aromatic N) is 2. The largest absolute Gasteiger partial charge is 0.341 e. The second kappa shape index (κ2) is 10.9. The number of benzene rings is 1. The molecule has 6 heteroatoms. The van der Waals surface area contributed by atoms with Gasteiger partial charge in [-0.25, -0.2) is 0 Å². The summed E-state index contributed by atoms with van der Waals surface area (Å²) in [5, 5.41) is 5.00. The standard InChI is InChI=1S/C30H41N3O3.H2/c1-20(2)29(35)28(21-8-4-3-5-9-21)33-17-15-25-24(11-6-12-26(25)30(33)36)22-10-7-16-32(19-22)27(34)18-31-23-13-14-23;/h6,11-12,15,17,20-23,28,31H,3-5,7-10,13-14,16,18-19H2,1-2H3;1H/t22?,28-;/m1./s1. The summed E-state index contributed by atoms with van der Waals surface area (Å²) in [6, 6.07) is 8.18. The number of aromatic nitrogens is 1. The van der Waals surface area contributed by atoms with Crippen LogP contribution in [0.25, 0.3) is 10.8 Å². The van der Waals surface area contributed by atoms with Crippen LogP contribution in [0.5, 0.6) is 0 Å². The van der Waals surface area contributed by atoms with E-state index in [-0.39, 0.29) is 42.5 Å². The van der Waals surface area contributed by atoms with E-state index < -0.39 is 0 Å². The number of hydrogen-bond donors (Lipinski definition) is 1. The fourth-order valence-corrected chi connectivity index (χ4v) is 6.37. The molecule has 2 aliphatic carbocycles. The van der Waals surface area contributed by atoms with Crippen LogP contribution in [0, 0.1) is 11.8 Å². The lowest BCUT2D eigenvalue weighted by atomic mass is 9.80. The maximum atomic E-state index is 13.8. The maximum absolute atomic E-state index is 13.8. The van der Waals surface area contributed by atoms with Crippen LogP contribution in [0.2, 0.25) is 0 Å². The number of pyridine rings is 1. The van der Waals surface area contributed by atoms with E-state index in [4.69, 9.17) is 0 Å². The van der Waals surface area contributed by atoms with Crippen molar-refractivity contribution in [1.29, 1.82) is 0 Å². The van der Waals surface area contributed by atoms with E-state index in [9.17, 15) is 14.4 Å². The molecule has 1 aliphatic heterocycles. The summed E-state index contributed by atoms with van der Waals surface area (Å²) < 4.78 is 1.74. The lowest BCUT2D eigenvalue weighted by Gasteiger charge is -2.34. The van der Waals surface area contributed by atoms with Crippen LogP contribution >= 0.6 is 0 Å². The Morgan fingerprint density at radius 3 is 2.50 bits per heavy atom. The van der Waals surface area contributed by atoms with Gasteiger partial charge in [-0.2, -0.15) is 0 Å². The summed E-state index contributed by atoms with van der Waals surface area (Å²) in [4.78, 5) is 42.0. The van der Waals surface area contributed by atoms with Crippen molar-refractivity contribution in [3.8, 4) is 0 Å². The van der Waals surface area contributed by atoms with E-state index in [0.717, 1.165) is 56.0 Å². The molecule has 1 N–H and O–H groups in total. The van der Waals surface area contributed by atoms with Gasteiger partial charge in [0.05, 0.1) is 12.6 Å². The van der Waals surface area contributed by atoms with E-state index in [1.807, 2.05) is 43.1 Å². The van der Waals surface area contributed by atoms with Gasteiger partial charge in [0.1, 0.15) is 0 Å². The first-order valence-electron chi connectivity index (χ1n) is 14.1. The molecule has 2 aromatic rings. The SMILES string of the molecule is CC(C)C(=O)[C@@H](C1CCCCC1)n1ccc2c(C3CCCN(C(=O)CNC4CC4)C3)cccc2c1=O.[HH]. The second-order valence-corrected chi connectivity index (χ2v) is 11.6. The minimum Gasteiger partial charge on any atom is -0.341 e. The number of likely N-dealkylation sites (tertiary alicyclic amines) is 1. The topological polar surface area (TPSA) is 71.4 Å². The molecule has 0 radical (unpaired) electrons. The number of carbonyl (C=O) groups excluding carboxylic acids is 2. The van der Waals surface area contributed by atoms with Crippen molar-refractivity contribution in [2.24, 2.45) is 11.8 Å². The van der Waals surface area contributed by atoms with E-state index in [1.165, 1.54) is 19.3 Å². The number of piperidine rings is 1. The Kier molecular flexibility index (Phi) is 7.61. The maximum Gasteiger partial charge on any atom is 0.259 e. The van der Waals surface area contributed by atoms with Gasteiger partial charge in [0.15, 0.2) is 5.78 Å². The molecule has 3 fully saturated rings. The molecule has 2 atom stereocenters. The van der Waals surface area contributed by atoms with Crippen LogP contribution in [0.4, 0.5) is 0 Å². The third kappa shape index (κ3) is 5.29. The Hall–Kier alpha value is -2.47. The number of nitrogens with one attached hydrogen (secondary N) is 1. The smallest absolute Gasteiger partial charge is 0.259 e. The first kappa shape index (κ1) is 25.2. The first-order chi connectivity index (χ1) is 17.4. The number of ketones is 1. The summed E-state index contributed by atoms with van der Waals surface area (Å²) in [7, 11) is 0. The second-order valence-electron chi connectivity index (χ2n) is 11.6. The van der Waals surface area contributed by atoms with Gasteiger partial charge in [-0.1, -0.05) is 45.2 Å². The van der Waals surface area contributed by atoms with Crippen molar-refractivity contribution < 1.29 is 11.0 Å². The van der Waals surface area contributed by atoms with Crippen molar-refractivity contribution in [2.75, 3.05) is 19.6 Å². The highest BCUT2D eigenvalue weighted by molar-refractivity contribution is 5.88. The van der Waals surface area contributed by atoms with E-state index in [2.05, 4.69) is 11.4 Å². The van der Waals surface area contributed by atoms with Gasteiger partial charge in [0, 0.05) is 44.0 Å². The molecule has 5 rings (SSSR count). The minimum atomic E-state index is -0.382. The fourth-order valence-electron chi connectivity index (χ4n) is 6.37. The van der Waals surface area contributed by atoms with E-state index in [1.54, 1.807) is 4.57 Å². The molecular weight excluding hydrogens is 450 g/mol. The molecular formula is C30H43N3O3. The zero-order valence-electron chi connectivity index (χ0n) is 21.9. The van der Waals surface area contributed by atoms with Gasteiger partial charge in [0.25, 0.3) is 5.56 Å². The number of fused-ring (bicyclic) bond motifs is 1. The van der Waals surface area contributed by atoms with Gasteiger partial charge in [-0.15, -0.1) is 0 Å². The van der Waals surface area contributed by atoms with Crippen LogP contribution in [0.3, 0.4) is 0 Å². The highest BCUT2D eigenvalue weighted by atomic mass is 16.2. The van der Waals surface area contributed by atoms with Crippen molar-refractivity contribution in [2.45, 2.75) is 89.6 Å². The Balaban J connectivity index is 0.00000320. The molecule has 36 heavy (non-hydrogen) atoms.